The number of hydrogen-bond acceptors (Lipinski definition) is 0. The van der Waals surface area contributed by atoms with Gasteiger partial charge in [-0.3, -0.25) is 0 Å². The van der Waals surface area contributed by atoms with Gasteiger partial charge in [0.25, 0.3) is 0 Å². The highest BCUT2D eigenvalue weighted by Gasteiger charge is 2.60. The maximum absolute atomic E-state index is 2.73. The third-order valence-electron chi connectivity index (χ3n) is 8.98. The molecular weight excluding hydrogens is 537 g/mol. The fraction of sp³-hybridized carbons (Fsp3) is 0.100. The third-order valence-corrected chi connectivity index (χ3v) is 26.4. The molecule has 0 aliphatic heterocycles. The smallest absolute Gasteiger partial charge is 0.0628 e. The molecule has 0 unspecified atom stereocenters. The summed E-state index contributed by atoms with van der Waals surface area (Å²) in [5, 5.41) is 7.51. The van der Waals surface area contributed by atoms with Crippen molar-refractivity contribution in [2.24, 2.45) is 0 Å². The summed E-state index contributed by atoms with van der Waals surface area (Å²) in [4.78, 5) is 0. The van der Waals surface area contributed by atoms with Crippen LogP contribution in [0.15, 0.2) is 170 Å². The molecule has 0 aliphatic carbocycles. The van der Waals surface area contributed by atoms with E-state index in [-0.39, 0.29) is 0 Å². The van der Waals surface area contributed by atoms with E-state index in [1.807, 2.05) is 0 Å². The molecule has 0 spiro atoms. The van der Waals surface area contributed by atoms with Gasteiger partial charge in [-0.1, -0.05) is 207 Å². The third kappa shape index (κ3) is 5.02. The van der Waals surface area contributed by atoms with Gasteiger partial charge in [0.15, 0.2) is 0 Å². The molecule has 6 aromatic rings. The zero-order chi connectivity index (χ0) is 28.8. The van der Waals surface area contributed by atoms with Crippen molar-refractivity contribution < 1.29 is 0 Å². The molecule has 0 atom stereocenters. The standard InChI is InChI=1S/C40H38Si2/c1-33-23-27-35(28-24-33)31-32-41(36-15-7-3-8-16-36,37-17-9-4-10-18-37)42(38-19-11-5-12-20-38,39-21-13-6-14-22-39)40-29-25-34(2)26-30-40/h3-30H,31-32H2,1-2H3. The monoisotopic (exact) mass is 574 g/mol. The van der Waals surface area contributed by atoms with Crippen molar-refractivity contribution in [3.8, 4) is 0 Å². The largest absolute Gasteiger partial charge is 0.149 e. The lowest BCUT2D eigenvalue weighted by molar-refractivity contribution is 1.11. The van der Waals surface area contributed by atoms with E-state index >= 15 is 0 Å². The summed E-state index contributed by atoms with van der Waals surface area (Å²) in [5.41, 5.74) is 4.02. The Morgan fingerprint density at radius 3 is 1.10 bits per heavy atom. The highest BCUT2D eigenvalue weighted by molar-refractivity contribution is 7.63. The van der Waals surface area contributed by atoms with Gasteiger partial charge in [0.2, 0.25) is 0 Å². The molecule has 2 heteroatoms. The van der Waals surface area contributed by atoms with Crippen molar-refractivity contribution in [3.05, 3.63) is 187 Å². The van der Waals surface area contributed by atoms with Gasteiger partial charge in [0.1, 0.15) is 15.2 Å². The van der Waals surface area contributed by atoms with E-state index in [9.17, 15) is 0 Å². The first-order valence-electron chi connectivity index (χ1n) is 15.0. The summed E-state index contributed by atoms with van der Waals surface area (Å²) in [7, 11) is -5.36. The quantitative estimate of drug-likeness (QED) is 0.139. The molecule has 206 valence electrons. The Hall–Kier alpha value is -4.25. The van der Waals surface area contributed by atoms with Gasteiger partial charge in [-0.25, -0.2) is 0 Å². The highest BCUT2D eigenvalue weighted by atomic mass is 29.3. The zero-order valence-corrected chi connectivity index (χ0v) is 26.6. The molecule has 0 aliphatic rings. The van der Waals surface area contributed by atoms with Crippen LogP contribution in [0.3, 0.4) is 0 Å². The van der Waals surface area contributed by atoms with Gasteiger partial charge in [-0.05, 0) is 31.9 Å². The van der Waals surface area contributed by atoms with Crippen molar-refractivity contribution >= 4 is 41.1 Å². The van der Waals surface area contributed by atoms with Crippen molar-refractivity contribution in [2.75, 3.05) is 0 Å². The first kappa shape index (κ1) is 27.9. The maximum atomic E-state index is 2.46. The van der Waals surface area contributed by atoms with Crippen molar-refractivity contribution in [1.82, 2.24) is 0 Å². The van der Waals surface area contributed by atoms with Crippen LogP contribution in [0.25, 0.3) is 0 Å². The van der Waals surface area contributed by atoms with Gasteiger partial charge >= 0.3 is 0 Å². The van der Waals surface area contributed by atoms with E-state index in [1.165, 1.54) is 42.6 Å². The summed E-state index contributed by atoms with van der Waals surface area (Å²) in [6.07, 6.45) is 1.04. The van der Waals surface area contributed by atoms with Gasteiger partial charge in [0.05, 0.1) is 0 Å². The second-order valence-electron chi connectivity index (χ2n) is 11.5. The molecular formula is C40H38Si2. The SMILES string of the molecule is Cc1ccc(CC[Si](c2ccccc2)(c2ccccc2)[Si](c2ccccc2)(c2ccccc2)c2ccc(C)cc2)cc1. The summed E-state index contributed by atoms with van der Waals surface area (Å²) < 4.78 is 0. The average Bonchev–Trinajstić information content (AvgIpc) is 3.06. The summed E-state index contributed by atoms with van der Waals surface area (Å²) >= 11 is 0. The van der Waals surface area contributed by atoms with Gasteiger partial charge < -0.3 is 0 Å². The lowest BCUT2D eigenvalue weighted by atomic mass is 10.1. The van der Waals surface area contributed by atoms with E-state index in [2.05, 4.69) is 184 Å². The highest BCUT2D eigenvalue weighted by Crippen LogP contribution is 2.28. The van der Waals surface area contributed by atoms with Crippen molar-refractivity contribution in [3.63, 3.8) is 0 Å². The maximum Gasteiger partial charge on any atom is 0.149 e. The topological polar surface area (TPSA) is 0 Å². The van der Waals surface area contributed by atoms with Crippen molar-refractivity contribution in [1.29, 1.82) is 0 Å². The van der Waals surface area contributed by atoms with Crippen LogP contribution in [0.5, 0.6) is 0 Å². The van der Waals surface area contributed by atoms with Crippen LogP contribution in [0.4, 0.5) is 0 Å². The number of benzene rings is 6. The first-order chi connectivity index (χ1) is 20.6. The Morgan fingerprint density at radius 1 is 0.357 bits per heavy atom. The Labute approximate surface area is 253 Å². The lowest BCUT2D eigenvalue weighted by Crippen LogP contribution is -2.90. The normalized spacial score (nSPS) is 11.8. The van der Waals surface area contributed by atoms with Crippen LogP contribution in [0, 0.1) is 13.8 Å². The van der Waals surface area contributed by atoms with Crippen LogP contribution in [0.1, 0.15) is 16.7 Å². The molecule has 0 saturated heterocycles. The molecule has 0 bridgehead atoms. The minimum atomic E-state index is -2.73. The summed E-state index contributed by atoms with van der Waals surface area (Å²) in [6, 6.07) is 66.1. The van der Waals surface area contributed by atoms with E-state index in [0.717, 1.165) is 12.5 Å². The molecule has 0 aromatic heterocycles. The van der Waals surface area contributed by atoms with Gasteiger partial charge in [0, 0.05) is 0 Å². The summed E-state index contributed by atoms with van der Waals surface area (Å²) in [5.74, 6) is 0. The first-order valence-corrected chi connectivity index (χ1v) is 20.2. The molecule has 0 N–H and O–H groups in total. The molecule has 6 rings (SSSR count). The minimum Gasteiger partial charge on any atom is -0.0628 e. The van der Waals surface area contributed by atoms with Crippen LogP contribution >= 0.6 is 0 Å². The second-order valence-corrected chi connectivity index (χ2v) is 23.0. The number of aryl methyl sites for hydroxylation is 3. The molecule has 0 fully saturated rings. The molecule has 0 saturated carbocycles. The molecule has 0 amide bonds. The zero-order valence-electron chi connectivity index (χ0n) is 24.6. The van der Waals surface area contributed by atoms with E-state index < -0.39 is 15.2 Å². The van der Waals surface area contributed by atoms with Crippen LogP contribution in [-0.2, 0) is 6.42 Å². The predicted molar refractivity (Wildman–Crippen MR) is 186 cm³/mol. The van der Waals surface area contributed by atoms with E-state index in [0.29, 0.717) is 0 Å². The van der Waals surface area contributed by atoms with Gasteiger partial charge in [-0.2, -0.15) is 0 Å². The predicted octanol–water partition coefficient (Wildman–Crippen LogP) is 6.36. The number of hydrogen-bond donors (Lipinski definition) is 0. The fourth-order valence-electron chi connectivity index (χ4n) is 7.03. The van der Waals surface area contributed by atoms with Gasteiger partial charge in [-0.15, -0.1) is 0 Å². The molecule has 0 heterocycles. The Balaban J connectivity index is 1.79. The van der Waals surface area contributed by atoms with Crippen LogP contribution in [0.2, 0.25) is 6.04 Å². The van der Waals surface area contributed by atoms with Crippen molar-refractivity contribution in [2.45, 2.75) is 26.3 Å². The lowest BCUT2D eigenvalue weighted by Gasteiger charge is -2.50. The Kier molecular flexibility index (Phi) is 8.18. The molecule has 6 aromatic carbocycles. The average molecular weight is 575 g/mol. The molecule has 0 nitrogen and oxygen atoms in total. The number of rotatable bonds is 9. The van der Waals surface area contributed by atoms with E-state index in [4.69, 9.17) is 0 Å². The minimum absolute atomic E-state index is 1.04. The Morgan fingerprint density at radius 2 is 0.690 bits per heavy atom. The molecule has 42 heavy (non-hydrogen) atoms. The summed E-state index contributed by atoms with van der Waals surface area (Å²) in [6.45, 7) is 4.38. The second kappa shape index (κ2) is 12.3. The van der Waals surface area contributed by atoms with E-state index in [1.54, 1.807) is 0 Å². The Bertz CT molecular complexity index is 1620. The molecule has 0 radical (unpaired) electrons. The fourth-order valence-corrected chi connectivity index (χ4v) is 26.9. The van der Waals surface area contributed by atoms with Crippen LogP contribution in [-0.4, -0.2) is 15.2 Å². The van der Waals surface area contributed by atoms with Crippen LogP contribution < -0.4 is 25.9 Å².